The number of rotatable bonds is 4. The second kappa shape index (κ2) is 6.58. The third kappa shape index (κ3) is 4.25. The molecule has 0 unspecified atom stereocenters. The van der Waals surface area contributed by atoms with Gasteiger partial charge in [-0.25, -0.2) is 9.18 Å². The topological polar surface area (TPSA) is 66.9 Å². The van der Waals surface area contributed by atoms with E-state index in [4.69, 9.17) is 0 Å². The van der Waals surface area contributed by atoms with Gasteiger partial charge in [-0.1, -0.05) is 33.3 Å². The predicted molar refractivity (Wildman–Crippen MR) is 74.7 cm³/mol. The van der Waals surface area contributed by atoms with Gasteiger partial charge in [-0.2, -0.15) is 0 Å². The first-order chi connectivity index (χ1) is 9.15. The minimum absolute atomic E-state index is 0.291. The van der Waals surface area contributed by atoms with Gasteiger partial charge in [0.15, 0.2) is 0 Å². The highest BCUT2D eigenvalue weighted by Crippen LogP contribution is 2.15. The van der Waals surface area contributed by atoms with Crippen molar-refractivity contribution < 1.29 is 9.18 Å². The first-order valence-electron chi connectivity index (χ1n) is 5.40. The van der Waals surface area contributed by atoms with Gasteiger partial charge in [-0.15, -0.1) is 10.2 Å². The first kappa shape index (κ1) is 13.9. The van der Waals surface area contributed by atoms with E-state index < -0.39 is 0 Å². The molecule has 19 heavy (non-hydrogen) atoms. The number of halogens is 2. The average molecular weight is 345 g/mol. The van der Waals surface area contributed by atoms with E-state index in [9.17, 15) is 9.18 Å². The molecule has 0 fully saturated rings. The summed E-state index contributed by atoms with van der Waals surface area (Å²) in [5.74, 6) is -0.291. The zero-order chi connectivity index (χ0) is 13.7. The lowest BCUT2D eigenvalue weighted by molar-refractivity contribution is 0.252. The lowest BCUT2D eigenvalue weighted by Gasteiger charge is -2.06. The molecule has 2 N–H and O–H groups in total. The number of nitrogens with zero attached hydrogens (tertiary/aromatic N) is 2. The van der Waals surface area contributed by atoms with E-state index in [2.05, 4.69) is 36.8 Å². The fourth-order valence-corrected chi connectivity index (χ4v) is 2.18. The molecule has 5 nitrogen and oxygen atoms in total. The molecule has 0 aliphatic carbocycles. The molecule has 0 aliphatic heterocycles. The van der Waals surface area contributed by atoms with Crippen molar-refractivity contribution in [3.05, 3.63) is 39.6 Å². The highest BCUT2D eigenvalue weighted by molar-refractivity contribution is 9.10. The highest BCUT2D eigenvalue weighted by atomic mass is 79.9. The number of nitrogens with one attached hydrogen (secondary N) is 2. The van der Waals surface area contributed by atoms with Crippen molar-refractivity contribution in [2.45, 2.75) is 6.42 Å². The molecule has 2 rings (SSSR count). The Kier molecular flexibility index (Phi) is 4.80. The zero-order valence-electron chi connectivity index (χ0n) is 9.69. The van der Waals surface area contributed by atoms with Crippen LogP contribution in [-0.2, 0) is 6.42 Å². The predicted octanol–water partition coefficient (Wildman–Crippen LogP) is 2.80. The van der Waals surface area contributed by atoms with E-state index >= 15 is 0 Å². The molecule has 0 atom stereocenters. The van der Waals surface area contributed by atoms with Gasteiger partial charge in [0, 0.05) is 11.0 Å². The van der Waals surface area contributed by atoms with Gasteiger partial charge in [0.25, 0.3) is 0 Å². The molecule has 1 aromatic carbocycles. The number of carbonyl (C=O) groups is 1. The Labute approximate surface area is 121 Å². The Morgan fingerprint density at radius 3 is 3.00 bits per heavy atom. The van der Waals surface area contributed by atoms with Gasteiger partial charge in [-0.3, -0.25) is 5.32 Å². The lowest BCUT2D eigenvalue weighted by atomic mass is 10.1. The van der Waals surface area contributed by atoms with Crippen LogP contribution in [0.25, 0.3) is 0 Å². The quantitative estimate of drug-likeness (QED) is 0.896. The number of urea groups is 1. The molecule has 2 amide bonds. The van der Waals surface area contributed by atoms with E-state index in [1.54, 1.807) is 12.1 Å². The summed E-state index contributed by atoms with van der Waals surface area (Å²) in [6.07, 6.45) is 0.419. The van der Waals surface area contributed by atoms with Crippen LogP contribution < -0.4 is 10.6 Å². The van der Waals surface area contributed by atoms with Crippen molar-refractivity contribution in [3.63, 3.8) is 0 Å². The van der Waals surface area contributed by atoms with E-state index in [-0.39, 0.29) is 11.8 Å². The first-order valence-corrected chi connectivity index (χ1v) is 7.07. The van der Waals surface area contributed by atoms with Crippen LogP contribution in [0.4, 0.5) is 14.3 Å². The van der Waals surface area contributed by atoms with Crippen molar-refractivity contribution in [1.29, 1.82) is 0 Å². The second-order valence-electron chi connectivity index (χ2n) is 3.61. The molecular weight excluding hydrogens is 335 g/mol. The van der Waals surface area contributed by atoms with Crippen LogP contribution in [-0.4, -0.2) is 22.8 Å². The van der Waals surface area contributed by atoms with Crippen LogP contribution in [0, 0.1) is 5.82 Å². The third-order valence-electron chi connectivity index (χ3n) is 2.28. The van der Waals surface area contributed by atoms with Crippen LogP contribution in [0.2, 0.25) is 0 Å². The Bertz CT molecular complexity index is 564. The van der Waals surface area contributed by atoms with E-state index in [1.807, 2.05) is 0 Å². The molecule has 100 valence electrons. The van der Waals surface area contributed by atoms with Gasteiger partial charge >= 0.3 is 6.03 Å². The van der Waals surface area contributed by atoms with Crippen LogP contribution in [0.3, 0.4) is 0 Å². The Hall–Kier alpha value is -1.54. The van der Waals surface area contributed by atoms with E-state index in [0.29, 0.717) is 28.1 Å². The maximum Gasteiger partial charge on any atom is 0.321 e. The van der Waals surface area contributed by atoms with Gasteiger partial charge in [0.05, 0.1) is 0 Å². The van der Waals surface area contributed by atoms with Gasteiger partial charge in [0.1, 0.15) is 11.3 Å². The number of hydrogen-bond acceptors (Lipinski definition) is 4. The summed E-state index contributed by atoms with van der Waals surface area (Å²) in [4.78, 5) is 11.5. The van der Waals surface area contributed by atoms with Crippen molar-refractivity contribution in [2.75, 3.05) is 11.9 Å². The smallest absolute Gasteiger partial charge is 0.321 e. The molecule has 0 bridgehead atoms. The Morgan fingerprint density at radius 2 is 2.32 bits per heavy atom. The fourth-order valence-electron chi connectivity index (χ4n) is 1.40. The summed E-state index contributed by atoms with van der Waals surface area (Å²) in [7, 11) is 0. The summed E-state index contributed by atoms with van der Waals surface area (Å²) in [5.41, 5.74) is 2.08. The van der Waals surface area contributed by atoms with Crippen molar-refractivity contribution >= 4 is 38.4 Å². The largest absolute Gasteiger partial charge is 0.337 e. The molecule has 0 saturated heterocycles. The summed E-state index contributed by atoms with van der Waals surface area (Å²) in [5, 5.41) is 12.8. The maximum atomic E-state index is 13.5. The number of benzene rings is 1. The maximum absolute atomic E-state index is 13.5. The molecule has 0 aliphatic rings. The number of hydrogen-bond donors (Lipinski definition) is 2. The molecule has 2 aromatic rings. The third-order valence-corrected chi connectivity index (χ3v) is 3.38. The summed E-state index contributed by atoms with van der Waals surface area (Å²) in [6, 6.07) is 4.47. The van der Waals surface area contributed by atoms with Gasteiger partial charge < -0.3 is 5.32 Å². The molecule has 1 heterocycles. The molecule has 8 heteroatoms. The summed E-state index contributed by atoms with van der Waals surface area (Å²) < 4.78 is 14.2. The van der Waals surface area contributed by atoms with Gasteiger partial charge in [-0.05, 0) is 24.1 Å². The van der Waals surface area contributed by atoms with Crippen molar-refractivity contribution in [1.82, 2.24) is 15.5 Å². The lowest BCUT2D eigenvalue weighted by Crippen LogP contribution is -2.30. The highest BCUT2D eigenvalue weighted by Gasteiger charge is 2.05. The Balaban J connectivity index is 1.78. The van der Waals surface area contributed by atoms with Crippen molar-refractivity contribution in [3.8, 4) is 0 Å². The second-order valence-corrected chi connectivity index (χ2v) is 5.36. The number of carbonyl (C=O) groups excluding carboxylic acids is 1. The molecule has 0 spiro atoms. The molecular formula is C11H10BrFN4OS. The fraction of sp³-hybridized carbons (Fsp3) is 0.182. The zero-order valence-corrected chi connectivity index (χ0v) is 12.1. The summed E-state index contributed by atoms with van der Waals surface area (Å²) in [6.45, 7) is 0.336. The van der Waals surface area contributed by atoms with Crippen LogP contribution in [0.5, 0.6) is 0 Å². The average Bonchev–Trinajstić information content (AvgIpc) is 2.84. The number of aromatic nitrogens is 2. The minimum atomic E-state index is -0.380. The molecule has 1 aromatic heterocycles. The SMILES string of the molecule is O=C(NCCc1ccc(Br)cc1F)Nc1nncs1. The van der Waals surface area contributed by atoms with Gasteiger partial charge in [0.2, 0.25) is 5.13 Å². The van der Waals surface area contributed by atoms with Crippen LogP contribution in [0.15, 0.2) is 28.2 Å². The molecule has 0 saturated carbocycles. The molecule has 0 radical (unpaired) electrons. The van der Waals surface area contributed by atoms with E-state index in [0.717, 1.165) is 0 Å². The standard InChI is InChI=1S/C11H10BrFN4OS/c12-8-2-1-7(9(13)5-8)3-4-14-10(18)16-11-17-15-6-19-11/h1-2,5-6H,3-4H2,(H2,14,16,17,18). The van der Waals surface area contributed by atoms with E-state index in [1.165, 1.54) is 22.9 Å². The Morgan fingerprint density at radius 1 is 1.47 bits per heavy atom. The van der Waals surface area contributed by atoms with Crippen molar-refractivity contribution in [2.24, 2.45) is 0 Å². The van der Waals surface area contributed by atoms with Crippen LogP contribution >= 0.6 is 27.3 Å². The normalized spacial score (nSPS) is 10.2. The number of amides is 2. The summed E-state index contributed by atoms with van der Waals surface area (Å²) >= 11 is 4.42. The minimum Gasteiger partial charge on any atom is -0.337 e. The van der Waals surface area contributed by atoms with Crippen LogP contribution in [0.1, 0.15) is 5.56 Å². The monoisotopic (exact) mass is 344 g/mol. The number of anilines is 1.